The normalized spacial score (nSPS) is 14.6. The summed E-state index contributed by atoms with van der Waals surface area (Å²) >= 11 is 0. The first-order chi connectivity index (χ1) is 13.6. The summed E-state index contributed by atoms with van der Waals surface area (Å²) in [5, 5.41) is 3.38. The summed E-state index contributed by atoms with van der Waals surface area (Å²) in [6, 6.07) is 11.8. The molecule has 3 rings (SSSR count). The molecule has 0 aromatic heterocycles. The number of nitrogens with one attached hydrogen (secondary N) is 1. The molecule has 0 amide bonds. The number of rotatable bonds is 5. The van der Waals surface area contributed by atoms with E-state index in [-0.39, 0.29) is 24.0 Å². The molecule has 1 fully saturated rings. The van der Waals surface area contributed by atoms with Gasteiger partial charge >= 0.3 is 0 Å². The molecule has 0 radical (unpaired) electrons. The fourth-order valence-electron chi connectivity index (χ4n) is 3.40. The molecule has 0 unspecified atom stereocenters. The van der Waals surface area contributed by atoms with Crippen molar-refractivity contribution in [1.82, 2.24) is 10.2 Å². The summed E-state index contributed by atoms with van der Waals surface area (Å²) < 4.78 is 32.6. The molecule has 1 saturated heterocycles. The highest BCUT2D eigenvalue weighted by atomic mass is 127. The number of halogens is 3. The molecule has 8 heteroatoms. The van der Waals surface area contributed by atoms with Crippen LogP contribution in [0.2, 0.25) is 0 Å². The molecule has 29 heavy (non-hydrogen) atoms. The van der Waals surface area contributed by atoms with Gasteiger partial charge in [-0.2, -0.15) is 0 Å². The molecule has 0 bridgehead atoms. The second kappa shape index (κ2) is 11.3. The van der Waals surface area contributed by atoms with Crippen molar-refractivity contribution in [2.75, 3.05) is 45.2 Å². The lowest BCUT2D eigenvalue weighted by molar-refractivity contribution is 0.185. The summed E-state index contributed by atoms with van der Waals surface area (Å²) in [5.41, 5.74) is 2.59. The van der Waals surface area contributed by atoms with E-state index in [1.807, 2.05) is 17.0 Å². The number of piperazine rings is 1. The molecule has 0 saturated carbocycles. The lowest BCUT2D eigenvalue weighted by Crippen LogP contribution is -2.52. The van der Waals surface area contributed by atoms with Gasteiger partial charge in [0, 0.05) is 52.9 Å². The van der Waals surface area contributed by atoms with Crippen molar-refractivity contribution in [3.05, 3.63) is 65.2 Å². The van der Waals surface area contributed by atoms with Crippen LogP contribution >= 0.6 is 24.0 Å². The minimum atomic E-state index is -0.424. The van der Waals surface area contributed by atoms with Gasteiger partial charge in [0.05, 0.1) is 12.3 Å². The molecule has 0 spiro atoms. The molecule has 1 aliphatic rings. The number of benzene rings is 2. The van der Waals surface area contributed by atoms with Gasteiger partial charge in [-0.15, -0.1) is 24.0 Å². The number of hydrogen-bond donors (Lipinski definition) is 1. The standard InChI is InChI=1S/C21H26F2N4O.HI/c1-24-21(25-14-16-4-3-5-17(12-16)15-28-2)27-10-8-26(9-11-27)20-13-18(22)6-7-19(20)23;/h3-7,12-13H,8-11,14-15H2,1-2H3,(H,24,25);1H. The topological polar surface area (TPSA) is 40.1 Å². The largest absolute Gasteiger partial charge is 0.380 e. The Morgan fingerprint density at radius 2 is 1.79 bits per heavy atom. The molecule has 1 N–H and O–H groups in total. The third kappa shape index (κ3) is 6.27. The summed E-state index contributed by atoms with van der Waals surface area (Å²) in [7, 11) is 3.43. The second-order valence-electron chi connectivity index (χ2n) is 6.72. The third-order valence-electron chi connectivity index (χ3n) is 4.79. The maximum atomic E-state index is 14.0. The van der Waals surface area contributed by atoms with Crippen LogP contribution in [0, 0.1) is 11.6 Å². The highest BCUT2D eigenvalue weighted by Crippen LogP contribution is 2.22. The zero-order valence-electron chi connectivity index (χ0n) is 16.7. The quantitative estimate of drug-likeness (QED) is 0.375. The number of ether oxygens (including phenoxy) is 1. The van der Waals surface area contributed by atoms with E-state index in [1.54, 1.807) is 14.2 Å². The van der Waals surface area contributed by atoms with Crippen LogP contribution in [0.15, 0.2) is 47.5 Å². The van der Waals surface area contributed by atoms with Crippen molar-refractivity contribution in [2.45, 2.75) is 13.2 Å². The van der Waals surface area contributed by atoms with Crippen LogP contribution in [0.25, 0.3) is 0 Å². The molecule has 0 atom stereocenters. The molecule has 2 aromatic carbocycles. The predicted molar refractivity (Wildman–Crippen MR) is 123 cm³/mol. The Morgan fingerprint density at radius 3 is 2.48 bits per heavy atom. The third-order valence-corrected chi connectivity index (χ3v) is 4.79. The van der Waals surface area contributed by atoms with E-state index in [9.17, 15) is 8.78 Å². The Morgan fingerprint density at radius 1 is 1.07 bits per heavy atom. The highest BCUT2D eigenvalue weighted by Gasteiger charge is 2.22. The van der Waals surface area contributed by atoms with Gasteiger partial charge in [0.25, 0.3) is 0 Å². The molecule has 158 valence electrons. The van der Waals surface area contributed by atoms with Crippen LogP contribution in [0.3, 0.4) is 0 Å². The highest BCUT2D eigenvalue weighted by molar-refractivity contribution is 14.0. The molecular formula is C21H27F2IN4O. The second-order valence-corrected chi connectivity index (χ2v) is 6.72. The van der Waals surface area contributed by atoms with Crippen molar-refractivity contribution < 1.29 is 13.5 Å². The lowest BCUT2D eigenvalue weighted by Gasteiger charge is -2.37. The Hall–Kier alpha value is -1.94. The Labute approximate surface area is 187 Å². The van der Waals surface area contributed by atoms with Crippen LogP contribution in [0.4, 0.5) is 14.5 Å². The van der Waals surface area contributed by atoms with E-state index < -0.39 is 11.6 Å². The minimum Gasteiger partial charge on any atom is -0.380 e. The number of aliphatic imine (C=N–C) groups is 1. The van der Waals surface area contributed by atoms with E-state index in [2.05, 4.69) is 27.3 Å². The number of guanidine groups is 1. The summed E-state index contributed by atoms with van der Waals surface area (Å²) in [5.74, 6) is -0.0168. The fourth-order valence-corrected chi connectivity index (χ4v) is 3.40. The van der Waals surface area contributed by atoms with Gasteiger partial charge in [-0.25, -0.2) is 8.78 Å². The SMILES string of the molecule is CN=C(NCc1cccc(COC)c1)N1CCN(c2cc(F)ccc2F)CC1.I. The van der Waals surface area contributed by atoms with E-state index in [0.29, 0.717) is 45.0 Å². The first-order valence-electron chi connectivity index (χ1n) is 9.33. The first-order valence-corrected chi connectivity index (χ1v) is 9.33. The Kier molecular flexibility index (Phi) is 9.09. The number of methoxy groups -OCH3 is 1. The van der Waals surface area contributed by atoms with E-state index in [1.165, 1.54) is 12.1 Å². The van der Waals surface area contributed by atoms with Crippen molar-refractivity contribution >= 4 is 35.6 Å². The maximum Gasteiger partial charge on any atom is 0.194 e. The molecule has 0 aliphatic carbocycles. The average molecular weight is 516 g/mol. The van der Waals surface area contributed by atoms with E-state index in [4.69, 9.17) is 4.74 Å². The minimum absolute atomic E-state index is 0. The maximum absolute atomic E-state index is 14.0. The Balaban J connectivity index is 0.00000300. The van der Waals surface area contributed by atoms with E-state index >= 15 is 0 Å². The zero-order valence-corrected chi connectivity index (χ0v) is 19.0. The van der Waals surface area contributed by atoms with Gasteiger partial charge < -0.3 is 19.9 Å². The monoisotopic (exact) mass is 516 g/mol. The fraction of sp³-hybridized carbons (Fsp3) is 0.381. The molecule has 5 nitrogen and oxygen atoms in total. The molecular weight excluding hydrogens is 489 g/mol. The number of anilines is 1. The summed E-state index contributed by atoms with van der Waals surface area (Å²) in [4.78, 5) is 8.37. The van der Waals surface area contributed by atoms with Crippen LogP contribution < -0.4 is 10.2 Å². The van der Waals surface area contributed by atoms with Crippen LogP contribution in [-0.2, 0) is 17.9 Å². The zero-order chi connectivity index (χ0) is 19.9. The van der Waals surface area contributed by atoms with Crippen LogP contribution in [-0.4, -0.2) is 51.2 Å². The lowest BCUT2D eigenvalue weighted by atomic mass is 10.1. The van der Waals surface area contributed by atoms with Crippen molar-refractivity contribution in [3.63, 3.8) is 0 Å². The summed E-state index contributed by atoms with van der Waals surface area (Å²) in [6.07, 6.45) is 0. The van der Waals surface area contributed by atoms with Crippen molar-refractivity contribution in [1.29, 1.82) is 0 Å². The smallest absolute Gasteiger partial charge is 0.194 e. The van der Waals surface area contributed by atoms with Gasteiger partial charge in [0.2, 0.25) is 0 Å². The first kappa shape index (κ1) is 23.3. The summed E-state index contributed by atoms with van der Waals surface area (Å²) in [6.45, 7) is 3.80. The van der Waals surface area contributed by atoms with Crippen LogP contribution in [0.5, 0.6) is 0 Å². The number of nitrogens with zero attached hydrogens (tertiary/aromatic N) is 3. The van der Waals surface area contributed by atoms with Gasteiger partial charge in [-0.05, 0) is 23.3 Å². The van der Waals surface area contributed by atoms with Crippen molar-refractivity contribution in [3.8, 4) is 0 Å². The van der Waals surface area contributed by atoms with Gasteiger partial charge in [0.15, 0.2) is 5.96 Å². The average Bonchev–Trinajstić information content (AvgIpc) is 2.71. The van der Waals surface area contributed by atoms with Gasteiger partial charge in [0.1, 0.15) is 11.6 Å². The predicted octanol–water partition coefficient (Wildman–Crippen LogP) is 3.63. The van der Waals surface area contributed by atoms with Crippen molar-refractivity contribution in [2.24, 2.45) is 4.99 Å². The van der Waals surface area contributed by atoms with E-state index in [0.717, 1.165) is 23.2 Å². The van der Waals surface area contributed by atoms with Gasteiger partial charge in [-0.3, -0.25) is 4.99 Å². The Bertz CT molecular complexity index is 826. The van der Waals surface area contributed by atoms with Gasteiger partial charge in [-0.1, -0.05) is 24.3 Å². The molecule has 1 heterocycles. The number of hydrogen-bond acceptors (Lipinski definition) is 3. The van der Waals surface area contributed by atoms with Crippen LogP contribution in [0.1, 0.15) is 11.1 Å². The molecule has 1 aliphatic heterocycles. The molecule has 2 aromatic rings.